The smallest absolute Gasteiger partial charge is 0.274 e. The quantitative estimate of drug-likeness (QED) is 0.877. The van der Waals surface area contributed by atoms with Crippen molar-refractivity contribution < 1.29 is 4.79 Å². The second-order valence-electron chi connectivity index (χ2n) is 5.16. The van der Waals surface area contributed by atoms with Gasteiger partial charge in [-0.25, -0.2) is 9.97 Å². The van der Waals surface area contributed by atoms with E-state index in [9.17, 15) is 4.79 Å². The van der Waals surface area contributed by atoms with Crippen LogP contribution >= 0.6 is 11.6 Å². The maximum Gasteiger partial charge on any atom is 0.274 e. The van der Waals surface area contributed by atoms with E-state index in [-0.39, 0.29) is 11.9 Å². The van der Waals surface area contributed by atoms with Crippen molar-refractivity contribution in [3.63, 3.8) is 0 Å². The number of anilines is 2. The highest BCUT2D eigenvalue weighted by molar-refractivity contribution is 6.30. The summed E-state index contributed by atoms with van der Waals surface area (Å²) in [6.45, 7) is 6.02. The summed E-state index contributed by atoms with van der Waals surface area (Å²) in [6, 6.07) is 7.24. The van der Waals surface area contributed by atoms with Crippen LogP contribution in [0.2, 0.25) is 5.02 Å². The van der Waals surface area contributed by atoms with E-state index in [0.717, 1.165) is 12.0 Å². The monoisotopic (exact) mass is 318 g/mol. The number of aryl methyl sites for hydroxylation is 1. The second-order valence-corrected chi connectivity index (χ2v) is 5.59. The summed E-state index contributed by atoms with van der Waals surface area (Å²) in [5.41, 5.74) is 1.92. The fourth-order valence-corrected chi connectivity index (χ4v) is 2.10. The number of amides is 1. The van der Waals surface area contributed by atoms with E-state index in [0.29, 0.717) is 22.2 Å². The zero-order chi connectivity index (χ0) is 16.1. The highest BCUT2D eigenvalue weighted by Gasteiger charge is 2.11. The number of benzene rings is 1. The van der Waals surface area contributed by atoms with Crippen molar-refractivity contribution in [3.05, 3.63) is 46.9 Å². The van der Waals surface area contributed by atoms with E-state index >= 15 is 0 Å². The number of carbonyl (C=O) groups excluding carboxylic acids is 1. The first-order chi connectivity index (χ1) is 10.5. The number of carbonyl (C=O) groups is 1. The molecular formula is C16H19ClN4O. The van der Waals surface area contributed by atoms with Crippen LogP contribution in [-0.2, 0) is 0 Å². The average molecular weight is 319 g/mol. The molecule has 2 aromatic rings. The summed E-state index contributed by atoms with van der Waals surface area (Å²) < 4.78 is 0. The molecule has 2 rings (SSSR count). The van der Waals surface area contributed by atoms with Crippen LogP contribution < -0.4 is 10.6 Å². The maximum atomic E-state index is 12.3. The first kappa shape index (κ1) is 16.2. The van der Waals surface area contributed by atoms with Crippen LogP contribution in [0.1, 0.15) is 36.3 Å². The molecule has 0 aliphatic carbocycles. The van der Waals surface area contributed by atoms with Gasteiger partial charge in [-0.15, -0.1) is 0 Å². The summed E-state index contributed by atoms with van der Waals surface area (Å²) in [5.74, 6) is 0.363. The van der Waals surface area contributed by atoms with Crippen molar-refractivity contribution in [1.29, 1.82) is 0 Å². The summed E-state index contributed by atoms with van der Waals surface area (Å²) in [6.07, 6.45) is 2.35. The predicted octanol–water partition coefficient (Wildman–Crippen LogP) is 3.90. The van der Waals surface area contributed by atoms with Gasteiger partial charge in [0.25, 0.3) is 5.91 Å². The van der Waals surface area contributed by atoms with Crippen molar-refractivity contribution >= 4 is 29.0 Å². The summed E-state index contributed by atoms with van der Waals surface area (Å²) in [5, 5.41) is 6.69. The van der Waals surface area contributed by atoms with Crippen LogP contribution in [0.3, 0.4) is 0 Å². The largest absolute Gasteiger partial charge is 0.368 e. The molecule has 0 saturated heterocycles. The van der Waals surface area contributed by atoms with Crippen molar-refractivity contribution in [2.75, 3.05) is 10.6 Å². The van der Waals surface area contributed by atoms with E-state index < -0.39 is 0 Å². The van der Waals surface area contributed by atoms with E-state index in [1.54, 1.807) is 24.3 Å². The molecule has 22 heavy (non-hydrogen) atoms. The number of aromatic nitrogens is 2. The van der Waals surface area contributed by atoms with Gasteiger partial charge >= 0.3 is 0 Å². The van der Waals surface area contributed by atoms with E-state index in [1.807, 2.05) is 6.92 Å². The Hall–Kier alpha value is -2.14. The Kier molecular flexibility index (Phi) is 5.33. The normalized spacial score (nSPS) is 11.8. The molecule has 1 aromatic heterocycles. The number of hydrogen-bond donors (Lipinski definition) is 2. The van der Waals surface area contributed by atoms with E-state index in [2.05, 4.69) is 34.4 Å². The topological polar surface area (TPSA) is 66.9 Å². The molecule has 1 aromatic carbocycles. The molecule has 5 nitrogen and oxygen atoms in total. The van der Waals surface area contributed by atoms with Crippen molar-refractivity contribution in [2.24, 2.45) is 0 Å². The highest BCUT2D eigenvalue weighted by atomic mass is 35.5. The lowest BCUT2D eigenvalue weighted by Gasteiger charge is -2.12. The highest BCUT2D eigenvalue weighted by Crippen LogP contribution is 2.20. The molecule has 0 aliphatic rings. The van der Waals surface area contributed by atoms with Crippen LogP contribution in [0.15, 0.2) is 30.6 Å². The standard InChI is InChI=1S/C16H19ClN4O/c1-4-11(3)20-15-8-14(18-9-19-15)16(22)21-13-6-5-12(17)7-10(13)2/h5-9,11H,4H2,1-3H3,(H,21,22)(H,18,19,20). The predicted molar refractivity (Wildman–Crippen MR) is 89.5 cm³/mol. The first-order valence-electron chi connectivity index (χ1n) is 7.15. The number of nitrogens with zero attached hydrogens (tertiary/aromatic N) is 2. The van der Waals surface area contributed by atoms with Gasteiger partial charge in [0, 0.05) is 22.8 Å². The van der Waals surface area contributed by atoms with Crippen molar-refractivity contribution in [2.45, 2.75) is 33.2 Å². The first-order valence-corrected chi connectivity index (χ1v) is 7.53. The van der Waals surface area contributed by atoms with Crippen LogP contribution in [0, 0.1) is 6.92 Å². The van der Waals surface area contributed by atoms with E-state index in [1.165, 1.54) is 6.33 Å². The van der Waals surface area contributed by atoms with Crippen molar-refractivity contribution in [1.82, 2.24) is 9.97 Å². The molecule has 1 heterocycles. The van der Waals surface area contributed by atoms with Crippen LogP contribution in [-0.4, -0.2) is 21.9 Å². The molecule has 1 amide bonds. The maximum absolute atomic E-state index is 12.3. The number of nitrogens with one attached hydrogen (secondary N) is 2. The Labute approximate surface area is 135 Å². The van der Waals surface area contributed by atoms with E-state index in [4.69, 9.17) is 11.6 Å². The fourth-order valence-electron chi connectivity index (χ4n) is 1.87. The lowest BCUT2D eigenvalue weighted by atomic mass is 10.2. The Bertz CT molecular complexity index is 675. The van der Waals surface area contributed by atoms with Crippen LogP contribution in [0.25, 0.3) is 0 Å². The average Bonchev–Trinajstić information content (AvgIpc) is 2.50. The molecule has 2 N–H and O–H groups in total. The Morgan fingerprint density at radius 3 is 2.77 bits per heavy atom. The zero-order valence-electron chi connectivity index (χ0n) is 12.9. The third-order valence-electron chi connectivity index (χ3n) is 3.34. The minimum atomic E-state index is -0.278. The molecule has 0 bridgehead atoms. The molecule has 1 unspecified atom stereocenters. The fraction of sp³-hybridized carbons (Fsp3) is 0.312. The van der Waals surface area contributed by atoms with Gasteiger partial charge in [0.2, 0.25) is 0 Å². The summed E-state index contributed by atoms with van der Waals surface area (Å²) in [7, 11) is 0. The minimum Gasteiger partial charge on any atom is -0.368 e. The molecule has 1 atom stereocenters. The molecule has 6 heteroatoms. The minimum absolute atomic E-state index is 0.278. The molecule has 0 radical (unpaired) electrons. The zero-order valence-corrected chi connectivity index (χ0v) is 13.6. The summed E-state index contributed by atoms with van der Waals surface area (Å²) in [4.78, 5) is 20.4. The summed E-state index contributed by atoms with van der Waals surface area (Å²) >= 11 is 5.91. The van der Waals surface area contributed by atoms with Crippen LogP contribution in [0.4, 0.5) is 11.5 Å². The van der Waals surface area contributed by atoms with Crippen LogP contribution in [0.5, 0.6) is 0 Å². The molecule has 0 aliphatic heterocycles. The molecule has 116 valence electrons. The third-order valence-corrected chi connectivity index (χ3v) is 3.58. The number of rotatable bonds is 5. The Morgan fingerprint density at radius 2 is 2.09 bits per heavy atom. The van der Waals surface area contributed by atoms with Gasteiger partial charge in [-0.1, -0.05) is 18.5 Å². The lowest BCUT2D eigenvalue weighted by Crippen LogP contribution is -2.18. The number of halogens is 1. The van der Waals surface area contributed by atoms with Gasteiger partial charge < -0.3 is 10.6 Å². The van der Waals surface area contributed by atoms with Gasteiger partial charge in [-0.2, -0.15) is 0 Å². The molecule has 0 fully saturated rings. The van der Waals surface area contributed by atoms with Gasteiger partial charge in [0.1, 0.15) is 17.8 Å². The SMILES string of the molecule is CCC(C)Nc1cc(C(=O)Nc2ccc(Cl)cc2C)ncn1. The van der Waals surface area contributed by atoms with Gasteiger partial charge in [-0.05, 0) is 44.0 Å². The number of hydrogen-bond acceptors (Lipinski definition) is 4. The molecule has 0 saturated carbocycles. The lowest BCUT2D eigenvalue weighted by molar-refractivity contribution is 0.102. The molecule has 0 spiro atoms. The van der Waals surface area contributed by atoms with Gasteiger partial charge in [0.05, 0.1) is 0 Å². The second kappa shape index (κ2) is 7.22. The van der Waals surface area contributed by atoms with Crippen molar-refractivity contribution in [3.8, 4) is 0 Å². The Balaban J connectivity index is 2.14. The third kappa shape index (κ3) is 4.18. The Morgan fingerprint density at radius 1 is 1.32 bits per heavy atom. The van der Waals surface area contributed by atoms with Gasteiger partial charge in [0.15, 0.2) is 0 Å². The van der Waals surface area contributed by atoms with Gasteiger partial charge in [-0.3, -0.25) is 4.79 Å². The molecular weight excluding hydrogens is 300 g/mol.